The summed E-state index contributed by atoms with van der Waals surface area (Å²) in [6.07, 6.45) is 3.14. The van der Waals surface area contributed by atoms with Crippen LogP contribution in [0.2, 0.25) is 0 Å². The fourth-order valence-corrected chi connectivity index (χ4v) is 2.12. The molecule has 0 saturated heterocycles. The van der Waals surface area contributed by atoms with Gasteiger partial charge >= 0.3 is 0 Å². The molecule has 0 aliphatic heterocycles. The second-order valence-electron chi connectivity index (χ2n) is 5.59. The molecule has 3 heteroatoms. The van der Waals surface area contributed by atoms with Crippen LogP contribution >= 0.6 is 0 Å². The zero-order valence-electron chi connectivity index (χ0n) is 13.1. The molecule has 0 saturated carbocycles. The van der Waals surface area contributed by atoms with Crippen molar-refractivity contribution in [2.75, 3.05) is 18.0 Å². The van der Waals surface area contributed by atoms with Gasteiger partial charge in [0.2, 0.25) is 0 Å². The Morgan fingerprint density at radius 1 is 1.21 bits per heavy atom. The number of nitrogens with zero attached hydrogens (tertiary/aromatic N) is 2. The minimum Gasteiger partial charge on any atom is -0.354 e. The molecule has 0 aliphatic rings. The van der Waals surface area contributed by atoms with Crippen molar-refractivity contribution in [1.29, 1.82) is 0 Å². The Kier molecular flexibility index (Phi) is 6.85. The average Bonchev–Trinajstić information content (AvgIpc) is 2.40. The maximum absolute atomic E-state index is 4.60. The molecule has 108 valence electrons. The lowest BCUT2D eigenvalue weighted by molar-refractivity contribution is 0.551. The molecule has 0 bridgehead atoms. The van der Waals surface area contributed by atoms with E-state index in [1.54, 1.807) is 0 Å². The van der Waals surface area contributed by atoms with Gasteiger partial charge in [0.1, 0.15) is 5.82 Å². The van der Waals surface area contributed by atoms with Crippen LogP contribution in [0.1, 0.15) is 46.6 Å². The predicted octanol–water partition coefficient (Wildman–Crippen LogP) is 3.45. The fourth-order valence-electron chi connectivity index (χ4n) is 2.12. The molecule has 1 aromatic rings. The maximum atomic E-state index is 4.60. The molecule has 1 rings (SSSR count). The summed E-state index contributed by atoms with van der Waals surface area (Å²) in [7, 11) is 0. The van der Waals surface area contributed by atoms with E-state index in [9.17, 15) is 0 Å². The number of nitrogens with one attached hydrogen (secondary N) is 1. The number of anilines is 1. The normalized spacial score (nSPS) is 12.7. The van der Waals surface area contributed by atoms with Crippen LogP contribution in [0.15, 0.2) is 18.3 Å². The van der Waals surface area contributed by atoms with Crippen LogP contribution in [-0.4, -0.2) is 24.1 Å². The SMILES string of the molecule is CCC(C)N(CC)c1ccc(CNCC(C)C)cn1. The van der Waals surface area contributed by atoms with E-state index in [0.29, 0.717) is 12.0 Å². The Bertz CT molecular complexity index is 346. The lowest BCUT2D eigenvalue weighted by atomic mass is 10.2. The molecule has 1 unspecified atom stereocenters. The number of rotatable bonds is 8. The van der Waals surface area contributed by atoms with Gasteiger partial charge in [-0.3, -0.25) is 0 Å². The van der Waals surface area contributed by atoms with Crippen molar-refractivity contribution in [3.8, 4) is 0 Å². The van der Waals surface area contributed by atoms with Crippen LogP contribution in [0.5, 0.6) is 0 Å². The van der Waals surface area contributed by atoms with Gasteiger partial charge in [-0.05, 0) is 44.4 Å². The number of hydrogen-bond acceptors (Lipinski definition) is 3. The highest BCUT2D eigenvalue weighted by molar-refractivity contribution is 5.40. The van der Waals surface area contributed by atoms with Crippen LogP contribution in [-0.2, 0) is 6.54 Å². The highest BCUT2D eigenvalue weighted by Crippen LogP contribution is 2.15. The standard InChI is InChI=1S/C16H29N3/c1-6-14(5)19(7-2)16-9-8-15(12-18-16)11-17-10-13(3)4/h8-9,12-14,17H,6-7,10-11H2,1-5H3. The van der Waals surface area contributed by atoms with Crippen molar-refractivity contribution in [3.05, 3.63) is 23.9 Å². The molecule has 0 aromatic carbocycles. The van der Waals surface area contributed by atoms with E-state index in [1.807, 2.05) is 6.20 Å². The molecule has 0 amide bonds. The van der Waals surface area contributed by atoms with Crippen LogP contribution in [0.4, 0.5) is 5.82 Å². The van der Waals surface area contributed by atoms with Gasteiger partial charge in [0.05, 0.1) is 0 Å². The first kappa shape index (κ1) is 16.0. The summed E-state index contributed by atoms with van der Waals surface area (Å²) in [5, 5.41) is 3.44. The molecule has 1 N–H and O–H groups in total. The van der Waals surface area contributed by atoms with Crippen LogP contribution in [0.3, 0.4) is 0 Å². The first-order valence-electron chi connectivity index (χ1n) is 7.50. The van der Waals surface area contributed by atoms with Crippen LogP contribution in [0.25, 0.3) is 0 Å². The van der Waals surface area contributed by atoms with E-state index in [0.717, 1.165) is 31.9 Å². The minimum atomic E-state index is 0.544. The van der Waals surface area contributed by atoms with Gasteiger partial charge in [-0.1, -0.05) is 26.8 Å². The molecule has 0 spiro atoms. The molecule has 0 aliphatic carbocycles. The lowest BCUT2D eigenvalue weighted by Gasteiger charge is -2.28. The van der Waals surface area contributed by atoms with Crippen molar-refractivity contribution >= 4 is 5.82 Å². The Morgan fingerprint density at radius 3 is 2.42 bits per heavy atom. The summed E-state index contributed by atoms with van der Waals surface area (Å²) in [5.74, 6) is 1.78. The first-order valence-corrected chi connectivity index (χ1v) is 7.50. The Morgan fingerprint density at radius 2 is 1.95 bits per heavy atom. The van der Waals surface area contributed by atoms with Crippen molar-refractivity contribution in [2.45, 2.75) is 53.6 Å². The van der Waals surface area contributed by atoms with Gasteiger partial charge < -0.3 is 10.2 Å². The molecule has 0 radical (unpaired) electrons. The monoisotopic (exact) mass is 263 g/mol. The maximum Gasteiger partial charge on any atom is 0.128 e. The zero-order chi connectivity index (χ0) is 14.3. The second kappa shape index (κ2) is 8.16. The number of hydrogen-bond donors (Lipinski definition) is 1. The van der Waals surface area contributed by atoms with E-state index >= 15 is 0 Å². The van der Waals surface area contributed by atoms with E-state index in [-0.39, 0.29) is 0 Å². The molecular formula is C16H29N3. The number of pyridine rings is 1. The molecule has 1 atom stereocenters. The van der Waals surface area contributed by atoms with Gasteiger partial charge in [0.25, 0.3) is 0 Å². The number of aromatic nitrogens is 1. The molecule has 19 heavy (non-hydrogen) atoms. The van der Waals surface area contributed by atoms with Gasteiger partial charge in [0, 0.05) is 25.3 Å². The molecule has 3 nitrogen and oxygen atoms in total. The van der Waals surface area contributed by atoms with Gasteiger partial charge in [-0.25, -0.2) is 4.98 Å². The Balaban J connectivity index is 2.59. The van der Waals surface area contributed by atoms with Crippen molar-refractivity contribution < 1.29 is 0 Å². The largest absolute Gasteiger partial charge is 0.354 e. The van der Waals surface area contributed by atoms with Gasteiger partial charge in [-0.2, -0.15) is 0 Å². The van der Waals surface area contributed by atoms with E-state index in [1.165, 1.54) is 5.56 Å². The third kappa shape index (κ3) is 5.19. The van der Waals surface area contributed by atoms with Gasteiger partial charge in [-0.15, -0.1) is 0 Å². The lowest BCUT2D eigenvalue weighted by Crippen LogP contribution is -2.33. The summed E-state index contributed by atoms with van der Waals surface area (Å²) in [6, 6.07) is 4.87. The summed E-state index contributed by atoms with van der Waals surface area (Å²) in [4.78, 5) is 6.96. The highest BCUT2D eigenvalue weighted by Gasteiger charge is 2.11. The van der Waals surface area contributed by atoms with Crippen LogP contribution < -0.4 is 10.2 Å². The minimum absolute atomic E-state index is 0.544. The molecule has 1 heterocycles. The fraction of sp³-hybridized carbons (Fsp3) is 0.688. The van der Waals surface area contributed by atoms with Crippen molar-refractivity contribution in [3.63, 3.8) is 0 Å². The quantitative estimate of drug-likeness (QED) is 0.778. The van der Waals surface area contributed by atoms with E-state index in [4.69, 9.17) is 0 Å². The molecule has 0 fully saturated rings. The zero-order valence-corrected chi connectivity index (χ0v) is 13.1. The second-order valence-corrected chi connectivity index (χ2v) is 5.59. The topological polar surface area (TPSA) is 28.2 Å². The van der Waals surface area contributed by atoms with Crippen molar-refractivity contribution in [2.24, 2.45) is 5.92 Å². The third-order valence-corrected chi connectivity index (χ3v) is 3.45. The van der Waals surface area contributed by atoms with E-state index in [2.05, 4.69) is 62.0 Å². The Labute approximate surface area is 118 Å². The Hall–Kier alpha value is -1.09. The predicted molar refractivity (Wildman–Crippen MR) is 83.6 cm³/mol. The summed E-state index contributed by atoms with van der Waals surface area (Å²) in [5.41, 5.74) is 1.25. The van der Waals surface area contributed by atoms with E-state index < -0.39 is 0 Å². The third-order valence-electron chi connectivity index (χ3n) is 3.45. The average molecular weight is 263 g/mol. The summed E-state index contributed by atoms with van der Waals surface area (Å²) in [6.45, 7) is 14.1. The molecular weight excluding hydrogens is 234 g/mol. The molecule has 1 aromatic heterocycles. The first-order chi connectivity index (χ1) is 9.08. The van der Waals surface area contributed by atoms with Gasteiger partial charge in [0.15, 0.2) is 0 Å². The van der Waals surface area contributed by atoms with Crippen molar-refractivity contribution in [1.82, 2.24) is 10.3 Å². The highest BCUT2D eigenvalue weighted by atomic mass is 15.2. The van der Waals surface area contributed by atoms with Crippen LogP contribution in [0, 0.1) is 5.92 Å². The smallest absolute Gasteiger partial charge is 0.128 e. The summed E-state index contributed by atoms with van der Waals surface area (Å²) >= 11 is 0. The summed E-state index contributed by atoms with van der Waals surface area (Å²) < 4.78 is 0.